The van der Waals surface area contributed by atoms with E-state index in [9.17, 15) is 14.9 Å². The van der Waals surface area contributed by atoms with Crippen LogP contribution in [0.2, 0.25) is 0 Å². The Bertz CT molecular complexity index is 956. The van der Waals surface area contributed by atoms with E-state index in [-0.39, 0.29) is 23.2 Å². The molecule has 3 unspecified atom stereocenters. The SMILES string of the molecule is C=C/C=C\C(=C)C(OC(=O)C1=CC2CCN(C)C2C([N+](=O)[O-])=C1)c1ccc(C)cc1. The number of allylic oxidation sites excluding steroid dienone is 2. The molecule has 1 aliphatic carbocycles. The highest BCUT2D eigenvalue weighted by Gasteiger charge is 2.43. The van der Waals surface area contributed by atoms with Gasteiger partial charge in [0.2, 0.25) is 0 Å². The third-order valence-corrected chi connectivity index (χ3v) is 5.53. The van der Waals surface area contributed by atoms with Gasteiger partial charge in [-0.3, -0.25) is 15.0 Å². The molecule has 1 aromatic rings. The number of aryl methyl sites for hydroxylation is 1. The molecular weight excluding hydrogens is 380 g/mol. The second-order valence-electron chi connectivity index (χ2n) is 7.69. The van der Waals surface area contributed by atoms with Crippen molar-refractivity contribution < 1.29 is 14.5 Å². The first kappa shape index (κ1) is 21.5. The summed E-state index contributed by atoms with van der Waals surface area (Å²) in [5.41, 5.74) is 2.70. The third kappa shape index (κ3) is 4.49. The molecule has 1 saturated heterocycles. The van der Waals surface area contributed by atoms with Gasteiger partial charge in [-0.15, -0.1) is 0 Å². The molecule has 0 radical (unpaired) electrons. The normalized spacial score (nSPS) is 22.1. The van der Waals surface area contributed by atoms with Crippen LogP contribution in [0, 0.1) is 23.0 Å². The van der Waals surface area contributed by atoms with Crippen molar-refractivity contribution in [1.29, 1.82) is 0 Å². The molecule has 6 heteroatoms. The van der Waals surface area contributed by atoms with Gasteiger partial charge in [-0.05, 0) is 38.1 Å². The van der Waals surface area contributed by atoms with Crippen molar-refractivity contribution in [2.75, 3.05) is 13.6 Å². The number of fused-ring (bicyclic) bond motifs is 1. The van der Waals surface area contributed by atoms with E-state index in [2.05, 4.69) is 13.2 Å². The Morgan fingerprint density at radius 3 is 2.70 bits per heavy atom. The molecule has 0 bridgehead atoms. The molecule has 6 nitrogen and oxygen atoms in total. The Kier molecular flexibility index (Phi) is 6.47. The topological polar surface area (TPSA) is 72.7 Å². The van der Waals surface area contributed by atoms with Crippen molar-refractivity contribution in [3.63, 3.8) is 0 Å². The van der Waals surface area contributed by atoms with Gasteiger partial charge in [0, 0.05) is 12.0 Å². The van der Waals surface area contributed by atoms with Gasteiger partial charge in [0.15, 0.2) is 6.10 Å². The smallest absolute Gasteiger partial charge is 0.339 e. The summed E-state index contributed by atoms with van der Waals surface area (Å²) < 4.78 is 5.81. The lowest BCUT2D eigenvalue weighted by molar-refractivity contribution is -0.433. The lowest BCUT2D eigenvalue weighted by atomic mass is 9.89. The second kappa shape index (κ2) is 9.05. The molecule has 1 heterocycles. The van der Waals surface area contributed by atoms with E-state index in [1.165, 1.54) is 6.08 Å². The van der Waals surface area contributed by atoms with Crippen molar-refractivity contribution in [1.82, 2.24) is 4.90 Å². The highest BCUT2D eigenvalue weighted by molar-refractivity contribution is 5.92. The molecule has 1 fully saturated rings. The molecular formula is C24H26N2O4. The van der Waals surface area contributed by atoms with Crippen molar-refractivity contribution >= 4 is 5.97 Å². The number of likely N-dealkylation sites (N-methyl/N-ethyl adjacent to an activating group) is 1. The number of hydrogen-bond acceptors (Lipinski definition) is 5. The van der Waals surface area contributed by atoms with Crippen LogP contribution in [0.1, 0.15) is 23.7 Å². The Morgan fingerprint density at radius 2 is 2.07 bits per heavy atom. The third-order valence-electron chi connectivity index (χ3n) is 5.53. The number of ether oxygens (including phenoxy) is 1. The molecule has 0 amide bonds. The number of likely N-dealkylation sites (tertiary alicyclic amines) is 1. The van der Waals surface area contributed by atoms with Gasteiger partial charge in [-0.25, -0.2) is 4.79 Å². The molecule has 3 atom stereocenters. The average Bonchev–Trinajstić information content (AvgIpc) is 3.11. The van der Waals surface area contributed by atoms with Crippen LogP contribution < -0.4 is 0 Å². The predicted molar refractivity (Wildman–Crippen MR) is 116 cm³/mol. The van der Waals surface area contributed by atoms with Crippen LogP contribution in [0.3, 0.4) is 0 Å². The quantitative estimate of drug-likeness (QED) is 0.292. The van der Waals surface area contributed by atoms with Gasteiger partial charge in [-0.2, -0.15) is 0 Å². The summed E-state index contributed by atoms with van der Waals surface area (Å²) in [6.45, 7) is 10.4. The van der Waals surface area contributed by atoms with Gasteiger partial charge >= 0.3 is 5.97 Å². The lowest BCUT2D eigenvalue weighted by Crippen LogP contribution is -2.36. The molecule has 3 rings (SSSR count). The average molecular weight is 406 g/mol. The highest BCUT2D eigenvalue weighted by atomic mass is 16.6. The van der Waals surface area contributed by atoms with E-state index in [0.29, 0.717) is 5.57 Å². The van der Waals surface area contributed by atoms with Crippen molar-refractivity contribution in [2.24, 2.45) is 5.92 Å². The minimum Gasteiger partial charge on any atom is -0.449 e. The molecule has 0 aromatic heterocycles. The monoisotopic (exact) mass is 406 g/mol. The van der Waals surface area contributed by atoms with Crippen LogP contribution in [-0.2, 0) is 9.53 Å². The van der Waals surface area contributed by atoms with Crippen LogP contribution in [-0.4, -0.2) is 35.4 Å². The van der Waals surface area contributed by atoms with Crippen LogP contribution in [0.15, 0.2) is 84.6 Å². The predicted octanol–water partition coefficient (Wildman–Crippen LogP) is 4.30. The first-order valence-electron chi connectivity index (χ1n) is 9.85. The van der Waals surface area contributed by atoms with Crippen LogP contribution in [0.4, 0.5) is 0 Å². The van der Waals surface area contributed by atoms with E-state index in [0.717, 1.165) is 24.1 Å². The van der Waals surface area contributed by atoms with Crippen molar-refractivity contribution in [3.05, 3.63) is 106 Å². The van der Waals surface area contributed by atoms with Crippen LogP contribution in [0.5, 0.6) is 0 Å². The number of rotatable bonds is 7. The van der Waals surface area contributed by atoms with E-state index < -0.39 is 17.0 Å². The first-order valence-corrected chi connectivity index (χ1v) is 9.85. The summed E-state index contributed by atoms with van der Waals surface area (Å²) in [5, 5.41) is 11.6. The summed E-state index contributed by atoms with van der Waals surface area (Å²) in [7, 11) is 1.86. The van der Waals surface area contributed by atoms with Gasteiger partial charge in [0.25, 0.3) is 5.70 Å². The van der Waals surface area contributed by atoms with E-state index in [1.54, 1.807) is 24.3 Å². The fourth-order valence-electron chi connectivity index (χ4n) is 3.96. The Morgan fingerprint density at radius 1 is 1.37 bits per heavy atom. The number of nitro groups is 1. The zero-order valence-electron chi connectivity index (χ0n) is 17.3. The molecule has 156 valence electrons. The molecule has 0 N–H and O–H groups in total. The van der Waals surface area contributed by atoms with Crippen LogP contribution in [0.25, 0.3) is 0 Å². The van der Waals surface area contributed by atoms with Gasteiger partial charge < -0.3 is 4.74 Å². The molecule has 1 aliphatic heterocycles. The van der Waals surface area contributed by atoms with Crippen LogP contribution >= 0.6 is 0 Å². The van der Waals surface area contributed by atoms with Crippen molar-refractivity contribution in [2.45, 2.75) is 25.5 Å². The molecule has 2 aliphatic rings. The maximum absolute atomic E-state index is 13.0. The standard InChI is InChI=1S/C24H26N2O4/c1-5-6-7-17(3)23(18-10-8-16(2)9-11-18)30-24(27)20-14-19-12-13-25(4)22(19)21(15-20)26(28)29/h5-11,14-15,19,22-23H,1,3,12-13H2,2,4H3/b7-6-. The van der Waals surface area contributed by atoms with Crippen molar-refractivity contribution in [3.8, 4) is 0 Å². The number of nitrogens with zero attached hydrogens (tertiary/aromatic N) is 2. The van der Waals surface area contributed by atoms with Gasteiger partial charge in [0.1, 0.15) is 6.04 Å². The maximum atomic E-state index is 13.0. The zero-order valence-corrected chi connectivity index (χ0v) is 17.3. The summed E-state index contributed by atoms with van der Waals surface area (Å²) in [4.78, 5) is 26.2. The van der Waals surface area contributed by atoms with E-state index in [1.807, 2.05) is 43.1 Å². The number of carbonyl (C=O) groups is 1. The van der Waals surface area contributed by atoms with Gasteiger partial charge in [-0.1, -0.05) is 67.3 Å². The summed E-state index contributed by atoms with van der Waals surface area (Å²) in [6.07, 6.45) is 8.29. The number of carbonyl (C=O) groups excluding carboxylic acids is 1. The van der Waals surface area contributed by atoms with E-state index >= 15 is 0 Å². The molecule has 1 aromatic carbocycles. The highest BCUT2D eigenvalue weighted by Crippen LogP contribution is 2.36. The molecule has 0 saturated carbocycles. The Hall–Kier alpha value is -3.25. The summed E-state index contributed by atoms with van der Waals surface area (Å²) in [5.74, 6) is -0.675. The Balaban J connectivity index is 1.90. The minimum atomic E-state index is -0.702. The van der Waals surface area contributed by atoms with E-state index in [4.69, 9.17) is 4.74 Å². The molecule has 30 heavy (non-hydrogen) atoms. The summed E-state index contributed by atoms with van der Waals surface area (Å²) >= 11 is 0. The maximum Gasteiger partial charge on any atom is 0.339 e. The fourth-order valence-corrected chi connectivity index (χ4v) is 3.96. The number of benzene rings is 1. The summed E-state index contributed by atoms with van der Waals surface area (Å²) in [6, 6.07) is 7.33. The zero-order chi connectivity index (χ0) is 21.8. The van der Waals surface area contributed by atoms with Gasteiger partial charge in [0.05, 0.1) is 10.5 Å². The number of hydrogen-bond donors (Lipinski definition) is 0. The molecule has 0 spiro atoms. The largest absolute Gasteiger partial charge is 0.449 e. The first-order chi connectivity index (χ1) is 14.3. The lowest BCUT2D eigenvalue weighted by Gasteiger charge is -2.25. The minimum absolute atomic E-state index is 0.0340. The fraction of sp³-hybridized carbons (Fsp3) is 0.292. The second-order valence-corrected chi connectivity index (χ2v) is 7.69. The number of esters is 1. The Labute approximate surface area is 176 Å².